The number of rotatable bonds is 4. The summed E-state index contributed by atoms with van der Waals surface area (Å²) < 4.78 is 5.18. The number of halogens is 2. The van der Waals surface area contributed by atoms with Crippen LogP contribution < -0.4 is 9.64 Å². The van der Waals surface area contributed by atoms with E-state index in [0.29, 0.717) is 12.3 Å². The van der Waals surface area contributed by atoms with Crippen LogP contribution in [0.1, 0.15) is 31.9 Å². The topological polar surface area (TPSA) is 32.7 Å². The molecule has 0 heterocycles. The second-order valence-electron chi connectivity index (χ2n) is 6.69. The first-order valence-corrected chi connectivity index (χ1v) is 14.2. The molecule has 0 radical (unpaired) electrons. The van der Waals surface area contributed by atoms with Gasteiger partial charge >= 0.3 is 37.9 Å². The number of methoxy groups -OCH3 is 1. The van der Waals surface area contributed by atoms with E-state index in [1.807, 2.05) is 49.5 Å². The number of hydrogen-bond donors (Lipinski definition) is 1. The molecule has 0 fully saturated rings. The minimum atomic E-state index is -0.826. The number of benzene rings is 2. The summed E-state index contributed by atoms with van der Waals surface area (Å²) in [5, 5.41) is 10.6. The van der Waals surface area contributed by atoms with E-state index in [4.69, 9.17) is 21.8 Å². The summed E-state index contributed by atoms with van der Waals surface area (Å²) >= 11 is -0.826. The quantitative estimate of drug-likeness (QED) is 0.633. The van der Waals surface area contributed by atoms with Crippen molar-refractivity contribution in [1.29, 1.82) is 0 Å². The van der Waals surface area contributed by atoms with Crippen molar-refractivity contribution >= 4 is 22.7 Å². The molecule has 0 saturated heterocycles. The summed E-state index contributed by atoms with van der Waals surface area (Å²) in [4.78, 5) is 2.11. The molecule has 0 saturated carbocycles. The average molecular weight is 462 g/mol. The third-order valence-electron chi connectivity index (χ3n) is 3.85. The molecule has 6 heteroatoms. The Balaban J connectivity index is 0.000000970. The van der Waals surface area contributed by atoms with Crippen molar-refractivity contribution in [3.05, 3.63) is 53.6 Å². The predicted octanol–water partition coefficient (Wildman–Crippen LogP) is 5.71. The molecule has 3 nitrogen and oxygen atoms in total. The predicted molar refractivity (Wildman–Crippen MR) is 104 cm³/mol. The molecule has 0 aliphatic carbocycles. The third-order valence-corrected chi connectivity index (χ3v) is 3.85. The summed E-state index contributed by atoms with van der Waals surface area (Å²) in [6, 6.07) is 13.9. The van der Waals surface area contributed by atoms with Gasteiger partial charge in [-0.2, -0.15) is 0 Å². The van der Waals surface area contributed by atoms with Crippen molar-refractivity contribution in [2.75, 3.05) is 19.1 Å². The molecule has 2 aromatic rings. The normalized spacial score (nSPS) is 10.5. The maximum atomic E-state index is 10.6. The van der Waals surface area contributed by atoms with E-state index in [1.165, 1.54) is 0 Å². The standard InChI is InChI=1S/C19H25NO2.2ClH.Zr/c1-19(2,3)17-8-6-7-14(18(17)21)13-20(4)15-9-11-16(22-5)12-10-15;;;/h6-12,21H,13H2,1-5H3;2*1H;/q;;;+2/p-2. The molecule has 136 valence electrons. The van der Waals surface area contributed by atoms with Gasteiger partial charge in [0.05, 0.1) is 7.11 Å². The Hall–Kier alpha value is -0.697. The molecule has 2 rings (SSSR count). The Kier molecular flexibility index (Phi) is 9.34. The Morgan fingerprint density at radius 2 is 1.64 bits per heavy atom. The van der Waals surface area contributed by atoms with Crippen LogP contribution in [-0.4, -0.2) is 19.3 Å². The second kappa shape index (κ2) is 10.5. The second-order valence-corrected chi connectivity index (χ2v) is 10.4. The molecule has 0 spiro atoms. The van der Waals surface area contributed by atoms with Gasteiger partial charge in [-0.25, -0.2) is 0 Å². The zero-order valence-corrected chi connectivity index (χ0v) is 19.3. The van der Waals surface area contributed by atoms with Gasteiger partial charge in [-0.1, -0.05) is 39.0 Å². The summed E-state index contributed by atoms with van der Waals surface area (Å²) in [7, 11) is 13.5. The number of hydrogen-bond acceptors (Lipinski definition) is 3. The van der Waals surface area contributed by atoms with Crippen molar-refractivity contribution in [2.45, 2.75) is 32.7 Å². The molecule has 0 aliphatic rings. The number of anilines is 1. The van der Waals surface area contributed by atoms with Crippen LogP contribution in [0.15, 0.2) is 42.5 Å². The van der Waals surface area contributed by atoms with Crippen LogP contribution in [0, 0.1) is 0 Å². The van der Waals surface area contributed by atoms with E-state index in [9.17, 15) is 5.11 Å². The monoisotopic (exact) mass is 459 g/mol. The van der Waals surface area contributed by atoms with Gasteiger partial charge < -0.3 is 14.7 Å². The number of para-hydroxylation sites is 1. The van der Waals surface area contributed by atoms with Gasteiger partial charge in [0.15, 0.2) is 0 Å². The summed E-state index contributed by atoms with van der Waals surface area (Å²) in [6.45, 7) is 6.99. The van der Waals surface area contributed by atoms with Gasteiger partial charge in [-0.05, 0) is 35.2 Å². The molecule has 0 atom stereocenters. The SMILES string of the molecule is COc1ccc(N(C)Cc2cccc(C(C)(C)C)c2O)cc1.[Cl][Zr][Cl]. The first-order chi connectivity index (χ1) is 11.7. The van der Waals surface area contributed by atoms with Crippen LogP contribution in [0.2, 0.25) is 0 Å². The molecule has 2 aromatic carbocycles. The molecular formula is C19H25Cl2NO2Zr. The fraction of sp³-hybridized carbons (Fsp3) is 0.368. The van der Waals surface area contributed by atoms with Crippen LogP contribution in [0.5, 0.6) is 11.5 Å². The molecule has 25 heavy (non-hydrogen) atoms. The van der Waals surface area contributed by atoms with Crippen LogP contribution >= 0.6 is 17.0 Å². The minimum absolute atomic E-state index is 0.0707. The molecule has 0 amide bonds. The Morgan fingerprint density at radius 1 is 1.08 bits per heavy atom. The molecule has 1 N–H and O–H groups in total. The van der Waals surface area contributed by atoms with Gasteiger partial charge in [-0.3, -0.25) is 0 Å². The summed E-state index contributed by atoms with van der Waals surface area (Å²) in [5.41, 5.74) is 2.93. The van der Waals surface area contributed by atoms with Crippen molar-refractivity contribution in [2.24, 2.45) is 0 Å². The fourth-order valence-electron chi connectivity index (χ4n) is 2.51. The van der Waals surface area contributed by atoms with Gasteiger partial charge in [-0.15, -0.1) is 0 Å². The van der Waals surface area contributed by atoms with Gasteiger partial charge in [0, 0.05) is 24.8 Å². The molecule has 0 aliphatic heterocycles. The maximum absolute atomic E-state index is 10.6. The van der Waals surface area contributed by atoms with Gasteiger partial charge in [0.1, 0.15) is 11.5 Å². The Morgan fingerprint density at radius 3 is 2.12 bits per heavy atom. The summed E-state index contributed by atoms with van der Waals surface area (Å²) in [5.74, 6) is 1.24. The van der Waals surface area contributed by atoms with E-state index in [1.54, 1.807) is 7.11 Å². The van der Waals surface area contributed by atoms with Gasteiger partial charge in [0.25, 0.3) is 0 Å². The zero-order valence-electron chi connectivity index (χ0n) is 15.3. The van der Waals surface area contributed by atoms with Gasteiger partial charge in [0.2, 0.25) is 0 Å². The number of nitrogens with zero attached hydrogens (tertiary/aromatic N) is 1. The van der Waals surface area contributed by atoms with E-state index < -0.39 is 20.8 Å². The Bertz CT molecular complexity index is 657. The Labute approximate surface area is 169 Å². The first-order valence-electron chi connectivity index (χ1n) is 7.87. The van der Waals surface area contributed by atoms with Crippen LogP contribution in [0.4, 0.5) is 5.69 Å². The van der Waals surface area contributed by atoms with E-state index >= 15 is 0 Å². The molecular weight excluding hydrogens is 436 g/mol. The molecule has 0 aromatic heterocycles. The summed E-state index contributed by atoms with van der Waals surface area (Å²) in [6.07, 6.45) is 0. The number of phenolic OH excluding ortho intramolecular Hbond substituents is 1. The van der Waals surface area contributed by atoms with Crippen molar-refractivity contribution in [3.8, 4) is 11.5 Å². The first kappa shape index (κ1) is 22.3. The van der Waals surface area contributed by atoms with E-state index in [2.05, 4.69) is 25.7 Å². The molecule has 0 unspecified atom stereocenters. The van der Waals surface area contributed by atoms with Crippen LogP contribution in [0.3, 0.4) is 0 Å². The van der Waals surface area contributed by atoms with Crippen molar-refractivity contribution in [3.63, 3.8) is 0 Å². The van der Waals surface area contributed by atoms with Crippen molar-refractivity contribution in [1.82, 2.24) is 0 Å². The third kappa shape index (κ3) is 6.85. The van der Waals surface area contributed by atoms with E-state index in [-0.39, 0.29) is 5.41 Å². The number of phenols is 1. The number of aromatic hydroxyl groups is 1. The average Bonchev–Trinajstić information content (AvgIpc) is 2.56. The number of ether oxygens (including phenoxy) is 1. The zero-order chi connectivity index (χ0) is 19.0. The van der Waals surface area contributed by atoms with E-state index in [0.717, 1.165) is 22.6 Å². The molecule has 0 bridgehead atoms. The van der Waals surface area contributed by atoms with Crippen LogP contribution in [-0.2, 0) is 32.8 Å². The fourth-order valence-corrected chi connectivity index (χ4v) is 2.51. The van der Waals surface area contributed by atoms with Crippen LogP contribution in [0.25, 0.3) is 0 Å². The van der Waals surface area contributed by atoms with Crippen molar-refractivity contribution < 1.29 is 30.7 Å².